The number of nitrogens with one attached hydrogen (secondary N) is 1. The summed E-state index contributed by atoms with van der Waals surface area (Å²) in [6.07, 6.45) is 0. The van der Waals surface area contributed by atoms with E-state index in [2.05, 4.69) is 10.2 Å². The van der Waals surface area contributed by atoms with Gasteiger partial charge in [-0.3, -0.25) is 4.79 Å². The first kappa shape index (κ1) is 15.1. The summed E-state index contributed by atoms with van der Waals surface area (Å²) in [5.74, 6) is 5.87. The minimum absolute atomic E-state index is 0.232. The van der Waals surface area contributed by atoms with Crippen LogP contribution in [0.1, 0.15) is 10.4 Å². The van der Waals surface area contributed by atoms with E-state index in [9.17, 15) is 4.79 Å². The summed E-state index contributed by atoms with van der Waals surface area (Å²) in [5.41, 5.74) is 0.395. The van der Waals surface area contributed by atoms with E-state index in [1.54, 1.807) is 12.1 Å². The molecule has 0 unspecified atom stereocenters. The number of nitrogens with two attached hydrogens (primary N) is 1. The summed E-state index contributed by atoms with van der Waals surface area (Å²) in [4.78, 5) is 16.3. The smallest absolute Gasteiger partial charge is 0.251 e. The zero-order valence-corrected chi connectivity index (χ0v) is 11.2. The Labute approximate surface area is 111 Å². The maximum Gasteiger partial charge on any atom is 0.251 e. The summed E-state index contributed by atoms with van der Waals surface area (Å²) >= 11 is 0. The van der Waals surface area contributed by atoms with Crippen molar-refractivity contribution in [2.75, 3.05) is 34.5 Å². The highest BCUT2D eigenvalue weighted by molar-refractivity contribution is 5.95. The lowest BCUT2D eigenvalue weighted by molar-refractivity contribution is 0.0916. The molecule has 7 nitrogen and oxygen atoms in total. The second-order valence-electron chi connectivity index (χ2n) is 3.54. The first-order valence-electron chi connectivity index (χ1n) is 5.57. The van der Waals surface area contributed by atoms with Gasteiger partial charge in [-0.05, 0) is 12.1 Å². The standard InChI is InChI=1S/C12H18N2O5/c1-16-9-6-8(12(15)14-4-5-19-13)7-10(17-2)11(9)18-3/h6-7H,4-5,13H2,1-3H3,(H,14,15). The lowest BCUT2D eigenvalue weighted by Crippen LogP contribution is -2.28. The third kappa shape index (κ3) is 3.73. The van der Waals surface area contributed by atoms with E-state index in [1.807, 2.05) is 0 Å². The maximum absolute atomic E-state index is 11.9. The Hall–Kier alpha value is -1.99. The maximum atomic E-state index is 11.9. The number of methoxy groups -OCH3 is 3. The number of ether oxygens (including phenoxy) is 3. The van der Waals surface area contributed by atoms with Crippen LogP contribution in [0.2, 0.25) is 0 Å². The minimum Gasteiger partial charge on any atom is -0.493 e. The van der Waals surface area contributed by atoms with Gasteiger partial charge in [0.1, 0.15) is 0 Å². The molecule has 0 aliphatic rings. The van der Waals surface area contributed by atoms with Crippen LogP contribution in [0.15, 0.2) is 12.1 Å². The summed E-state index contributed by atoms with van der Waals surface area (Å²) in [6, 6.07) is 3.14. The average molecular weight is 270 g/mol. The van der Waals surface area contributed by atoms with Crippen LogP contribution in [-0.2, 0) is 4.84 Å². The van der Waals surface area contributed by atoms with Crippen LogP contribution in [0.4, 0.5) is 0 Å². The van der Waals surface area contributed by atoms with E-state index >= 15 is 0 Å². The van der Waals surface area contributed by atoms with E-state index < -0.39 is 0 Å². The Kier molecular flexibility index (Phi) is 5.91. The molecule has 1 amide bonds. The minimum atomic E-state index is -0.281. The third-order valence-corrected chi connectivity index (χ3v) is 2.43. The lowest BCUT2D eigenvalue weighted by Gasteiger charge is -2.14. The third-order valence-electron chi connectivity index (χ3n) is 2.43. The number of benzene rings is 1. The molecule has 0 saturated heterocycles. The van der Waals surface area contributed by atoms with Crippen LogP contribution in [0.5, 0.6) is 17.2 Å². The largest absolute Gasteiger partial charge is 0.493 e. The number of amides is 1. The Balaban J connectivity index is 2.98. The van der Waals surface area contributed by atoms with Gasteiger partial charge in [-0.1, -0.05) is 0 Å². The predicted octanol–water partition coefficient (Wildman–Crippen LogP) is 0.333. The lowest BCUT2D eigenvalue weighted by atomic mass is 10.1. The summed E-state index contributed by atoms with van der Waals surface area (Å²) < 4.78 is 15.5. The van der Waals surface area contributed by atoms with Crippen molar-refractivity contribution in [2.24, 2.45) is 5.90 Å². The summed E-state index contributed by atoms with van der Waals surface area (Å²) in [7, 11) is 4.47. The van der Waals surface area contributed by atoms with E-state index in [0.29, 0.717) is 29.4 Å². The molecule has 7 heteroatoms. The number of carbonyl (C=O) groups is 1. The summed E-state index contributed by atoms with van der Waals surface area (Å²) in [5, 5.41) is 2.64. The molecule has 0 radical (unpaired) electrons. The molecule has 1 aromatic rings. The molecule has 0 saturated carbocycles. The molecule has 3 N–H and O–H groups in total. The van der Waals surface area contributed by atoms with Gasteiger partial charge >= 0.3 is 0 Å². The topological polar surface area (TPSA) is 92.0 Å². The monoisotopic (exact) mass is 270 g/mol. The number of rotatable bonds is 7. The molecule has 0 atom stereocenters. The summed E-state index contributed by atoms with van der Waals surface area (Å²) in [6.45, 7) is 0.544. The molecule has 0 aliphatic heterocycles. The van der Waals surface area contributed by atoms with Crippen LogP contribution in [0.3, 0.4) is 0 Å². The van der Waals surface area contributed by atoms with Crippen LogP contribution >= 0.6 is 0 Å². The molecule has 0 aromatic heterocycles. The molecule has 1 rings (SSSR count). The van der Waals surface area contributed by atoms with Crippen molar-refractivity contribution in [1.82, 2.24) is 5.32 Å². The van der Waals surface area contributed by atoms with Gasteiger partial charge in [0.25, 0.3) is 5.91 Å². The van der Waals surface area contributed by atoms with E-state index in [4.69, 9.17) is 20.1 Å². The second kappa shape index (κ2) is 7.45. The van der Waals surface area contributed by atoms with Gasteiger partial charge in [0.05, 0.1) is 27.9 Å². The normalized spacial score (nSPS) is 9.89. The second-order valence-corrected chi connectivity index (χ2v) is 3.54. The molecule has 0 fully saturated rings. The van der Waals surface area contributed by atoms with Crippen LogP contribution in [0, 0.1) is 0 Å². The molecular formula is C12H18N2O5. The number of hydrogen-bond acceptors (Lipinski definition) is 6. The molecule has 0 aliphatic carbocycles. The fourth-order valence-corrected chi connectivity index (χ4v) is 1.54. The van der Waals surface area contributed by atoms with Gasteiger partial charge in [0.15, 0.2) is 11.5 Å². The molecule has 0 bridgehead atoms. The molecule has 1 aromatic carbocycles. The van der Waals surface area contributed by atoms with Gasteiger partial charge in [-0.2, -0.15) is 0 Å². The Morgan fingerprint density at radius 2 is 1.74 bits per heavy atom. The highest BCUT2D eigenvalue weighted by Gasteiger charge is 2.16. The van der Waals surface area contributed by atoms with Crippen molar-refractivity contribution < 1.29 is 23.8 Å². The molecule has 106 valence electrons. The quantitative estimate of drug-likeness (QED) is 0.548. The Morgan fingerprint density at radius 3 is 2.16 bits per heavy atom. The van der Waals surface area contributed by atoms with Crippen molar-refractivity contribution >= 4 is 5.91 Å². The highest BCUT2D eigenvalue weighted by atomic mass is 16.6. The molecule has 19 heavy (non-hydrogen) atoms. The van der Waals surface area contributed by atoms with Crippen LogP contribution < -0.4 is 25.4 Å². The zero-order valence-electron chi connectivity index (χ0n) is 11.2. The predicted molar refractivity (Wildman–Crippen MR) is 68.6 cm³/mol. The molecular weight excluding hydrogens is 252 g/mol. The van der Waals surface area contributed by atoms with E-state index in [1.165, 1.54) is 21.3 Å². The van der Waals surface area contributed by atoms with Crippen LogP contribution in [-0.4, -0.2) is 40.4 Å². The van der Waals surface area contributed by atoms with Crippen molar-refractivity contribution in [2.45, 2.75) is 0 Å². The van der Waals surface area contributed by atoms with Gasteiger partial charge in [-0.15, -0.1) is 0 Å². The van der Waals surface area contributed by atoms with Gasteiger partial charge in [0, 0.05) is 12.1 Å². The average Bonchev–Trinajstić information content (AvgIpc) is 2.45. The van der Waals surface area contributed by atoms with Gasteiger partial charge in [-0.25, -0.2) is 5.90 Å². The Bertz CT molecular complexity index is 411. The molecule has 0 heterocycles. The van der Waals surface area contributed by atoms with Crippen LogP contribution in [0.25, 0.3) is 0 Å². The zero-order chi connectivity index (χ0) is 14.3. The highest BCUT2D eigenvalue weighted by Crippen LogP contribution is 2.38. The molecule has 0 spiro atoms. The first-order chi connectivity index (χ1) is 9.17. The van der Waals surface area contributed by atoms with Crippen molar-refractivity contribution in [1.29, 1.82) is 0 Å². The Morgan fingerprint density at radius 1 is 1.16 bits per heavy atom. The van der Waals surface area contributed by atoms with Crippen molar-refractivity contribution in [3.8, 4) is 17.2 Å². The fraction of sp³-hybridized carbons (Fsp3) is 0.417. The number of hydrogen-bond donors (Lipinski definition) is 2. The first-order valence-corrected chi connectivity index (χ1v) is 5.57. The number of carbonyl (C=O) groups excluding carboxylic acids is 1. The van der Waals surface area contributed by atoms with Crippen molar-refractivity contribution in [3.05, 3.63) is 17.7 Å². The fourth-order valence-electron chi connectivity index (χ4n) is 1.54. The SMILES string of the molecule is COc1cc(C(=O)NCCON)cc(OC)c1OC. The van der Waals surface area contributed by atoms with Gasteiger partial charge in [0.2, 0.25) is 5.75 Å². The van der Waals surface area contributed by atoms with E-state index in [-0.39, 0.29) is 12.5 Å². The van der Waals surface area contributed by atoms with E-state index in [0.717, 1.165) is 0 Å². The van der Waals surface area contributed by atoms with Gasteiger partial charge < -0.3 is 24.4 Å². The van der Waals surface area contributed by atoms with Crippen molar-refractivity contribution in [3.63, 3.8) is 0 Å².